The Morgan fingerprint density at radius 1 is 1.50 bits per heavy atom. The van der Waals surface area contributed by atoms with E-state index in [4.69, 9.17) is 5.73 Å². The lowest BCUT2D eigenvalue weighted by atomic mass is 10.1. The quantitative estimate of drug-likeness (QED) is 0.749. The van der Waals surface area contributed by atoms with Crippen LogP contribution in [0.15, 0.2) is 36.7 Å². The maximum atomic E-state index is 12.3. The van der Waals surface area contributed by atoms with Crippen molar-refractivity contribution in [1.29, 1.82) is 0 Å². The Balaban J connectivity index is 2.09. The second-order valence-corrected chi connectivity index (χ2v) is 4.65. The molecule has 1 amide bonds. The van der Waals surface area contributed by atoms with Gasteiger partial charge in [0.05, 0.1) is 6.04 Å². The van der Waals surface area contributed by atoms with E-state index in [2.05, 4.69) is 15.3 Å². The Hall–Kier alpha value is -2.14. The molecule has 0 saturated heterocycles. The van der Waals surface area contributed by atoms with Crippen molar-refractivity contribution in [3.63, 3.8) is 0 Å². The number of amides is 1. The van der Waals surface area contributed by atoms with E-state index in [0.29, 0.717) is 12.1 Å². The summed E-state index contributed by atoms with van der Waals surface area (Å²) in [5.41, 5.74) is 7.27. The first-order valence-corrected chi connectivity index (χ1v) is 6.83. The van der Waals surface area contributed by atoms with Gasteiger partial charge in [0, 0.05) is 18.0 Å². The SMILES string of the molecule is CCC(NC(=O)c1cccc(CCN)c1)c1ncc[nH]1. The van der Waals surface area contributed by atoms with E-state index in [1.165, 1.54) is 0 Å². The second kappa shape index (κ2) is 6.86. The van der Waals surface area contributed by atoms with E-state index in [-0.39, 0.29) is 11.9 Å². The summed E-state index contributed by atoms with van der Waals surface area (Å²) in [6.07, 6.45) is 5.00. The molecule has 20 heavy (non-hydrogen) atoms. The average molecular weight is 272 g/mol. The molecule has 1 heterocycles. The van der Waals surface area contributed by atoms with Gasteiger partial charge in [0.1, 0.15) is 5.82 Å². The largest absolute Gasteiger partial charge is 0.347 e. The molecule has 0 aliphatic rings. The van der Waals surface area contributed by atoms with Crippen LogP contribution in [0.3, 0.4) is 0 Å². The third-order valence-electron chi connectivity index (χ3n) is 3.19. The predicted molar refractivity (Wildman–Crippen MR) is 78.3 cm³/mol. The smallest absolute Gasteiger partial charge is 0.251 e. The highest BCUT2D eigenvalue weighted by atomic mass is 16.1. The molecule has 106 valence electrons. The predicted octanol–water partition coefficient (Wildman–Crippen LogP) is 1.79. The molecule has 0 spiro atoms. The van der Waals surface area contributed by atoms with Crippen LogP contribution in [-0.2, 0) is 6.42 Å². The van der Waals surface area contributed by atoms with Gasteiger partial charge in [-0.05, 0) is 37.1 Å². The minimum Gasteiger partial charge on any atom is -0.347 e. The zero-order chi connectivity index (χ0) is 14.4. The van der Waals surface area contributed by atoms with Crippen molar-refractivity contribution in [1.82, 2.24) is 15.3 Å². The van der Waals surface area contributed by atoms with Gasteiger partial charge in [0.25, 0.3) is 5.91 Å². The maximum Gasteiger partial charge on any atom is 0.251 e. The minimum absolute atomic E-state index is 0.0906. The van der Waals surface area contributed by atoms with E-state index >= 15 is 0 Å². The van der Waals surface area contributed by atoms with Crippen molar-refractivity contribution < 1.29 is 4.79 Å². The van der Waals surface area contributed by atoms with Crippen LogP contribution in [0.1, 0.15) is 41.1 Å². The molecule has 0 aliphatic heterocycles. The molecule has 2 rings (SSSR count). The van der Waals surface area contributed by atoms with Crippen LogP contribution in [0.5, 0.6) is 0 Å². The van der Waals surface area contributed by atoms with Gasteiger partial charge in [-0.1, -0.05) is 19.1 Å². The number of benzene rings is 1. The Morgan fingerprint density at radius 3 is 3.00 bits per heavy atom. The highest BCUT2D eigenvalue weighted by molar-refractivity contribution is 5.94. The first kappa shape index (κ1) is 14.3. The molecule has 4 N–H and O–H groups in total. The van der Waals surface area contributed by atoms with E-state index in [9.17, 15) is 4.79 Å². The lowest BCUT2D eigenvalue weighted by Gasteiger charge is -2.15. The van der Waals surface area contributed by atoms with Crippen LogP contribution in [0.4, 0.5) is 0 Å². The summed E-state index contributed by atoms with van der Waals surface area (Å²) in [4.78, 5) is 19.5. The summed E-state index contributed by atoms with van der Waals surface area (Å²) < 4.78 is 0. The van der Waals surface area contributed by atoms with Crippen LogP contribution in [0, 0.1) is 0 Å². The molecule has 1 aromatic heterocycles. The van der Waals surface area contributed by atoms with Crippen molar-refractivity contribution in [2.45, 2.75) is 25.8 Å². The Bertz CT molecular complexity index is 551. The van der Waals surface area contributed by atoms with Crippen molar-refractivity contribution in [2.75, 3.05) is 6.54 Å². The normalized spacial score (nSPS) is 12.1. The third-order valence-corrected chi connectivity index (χ3v) is 3.19. The van der Waals surface area contributed by atoms with Crippen LogP contribution in [-0.4, -0.2) is 22.4 Å². The van der Waals surface area contributed by atoms with Gasteiger partial charge >= 0.3 is 0 Å². The highest BCUT2D eigenvalue weighted by Crippen LogP contribution is 2.13. The van der Waals surface area contributed by atoms with Gasteiger partial charge < -0.3 is 16.0 Å². The topological polar surface area (TPSA) is 83.8 Å². The molecule has 0 aliphatic carbocycles. The third kappa shape index (κ3) is 3.45. The van der Waals surface area contributed by atoms with Crippen molar-refractivity contribution in [3.05, 3.63) is 53.6 Å². The highest BCUT2D eigenvalue weighted by Gasteiger charge is 2.15. The zero-order valence-corrected chi connectivity index (χ0v) is 11.6. The molecular weight excluding hydrogens is 252 g/mol. The zero-order valence-electron chi connectivity index (χ0n) is 11.6. The van der Waals surface area contributed by atoms with Gasteiger partial charge in [0.2, 0.25) is 0 Å². The van der Waals surface area contributed by atoms with Crippen LogP contribution >= 0.6 is 0 Å². The number of nitrogens with one attached hydrogen (secondary N) is 2. The van der Waals surface area contributed by atoms with Crippen LogP contribution in [0.25, 0.3) is 0 Å². The van der Waals surface area contributed by atoms with Gasteiger partial charge in [-0.25, -0.2) is 4.98 Å². The Morgan fingerprint density at radius 2 is 2.35 bits per heavy atom. The number of carbonyl (C=O) groups excluding carboxylic acids is 1. The number of hydrogen-bond acceptors (Lipinski definition) is 3. The minimum atomic E-state index is -0.101. The molecule has 0 radical (unpaired) electrons. The van der Waals surface area contributed by atoms with Crippen molar-refractivity contribution in [3.8, 4) is 0 Å². The lowest BCUT2D eigenvalue weighted by Crippen LogP contribution is -2.29. The molecular formula is C15H20N4O. The first-order valence-electron chi connectivity index (χ1n) is 6.83. The molecule has 0 saturated carbocycles. The fraction of sp³-hybridized carbons (Fsp3) is 0.333. The summed E-state index contributed by atoms with van der Waals surface area (Å²) in [7, 11) is 0. The molecule has 1 unspecified atom stereocenters. The van der Waals surface area contributed by atoms with E-state index in [1.807, 2.05) is 31.2 Å². The number of aromatic nitrogens is 2. The molecule has 1 atom stereocenters. The number of hydrogen-bond donors (Lipinski definition) is 3. The summed E-state index contributed by atoms with van der Waals surface area (Å²) >= 11 is 0. The number of nitrogens with two attached hydrogens (primary N) is 1. The summed E-state index contributed by atoms with van der Waals surface area (Å²) in [5, 5.41) is 2.99. The van der Waals surface area contributed by atoms with Crippen molar-refractivity contribution in [2.24, 2.45) is 5.73 Å². The summed E-state index contributed by atoms with van der Waals surface area (Å²) in [6, 6.07) is 7.46. The van der Waals surface area contributed by atoms with Gasteiger partial charge in [-0.2, -0.15) is 0 Å². The second-order valence-electron chi connectivity index (χ2n) is 4.65. The molecule has 1 aromatic carbocycles. The van der Waals surface area contributed by atoms with Gasteiger partial charge in [-0.15, -0.1) is 0 Å². The molecule has 0 fully saturated rings. The van der Waals surface area contributed by atoms with Crippen LogP contribution < -0.4 is 11.1 Å². The number of aromatic amines is 1. The van der Waals surface area contributed by atoms with Gasteiger partial charge in [-0.3, -0.25) is 4.79 Å². The lowest BCUT2D eigenvalue weighted by molar-refractivity contribution is 0.0934. The summed E-state index contributed by atoms with van der Waals surface area (Å²) in [5.74, 6) is 0.686. The van der Waals surface area contributed by atoms with E-state index in [0.717, 1.165) is 24.2 Å². The van der Waals surface area contributed by atoms with Crippen molar-refractivity contribution >= 4 is 5.91 Å². The standard InChI is InChI=1S/C15H20N4O/c1-2-13(14-17-8-9-18-14)19-15(20)12-5-3-4-11(10-12)6-7-16/h3-5,8-10,13H,2,6-7,16H2,1H3,(H,17,18)(H,19,20). The molecule has 2 aromatic rings. The molecule has 5 heteroatoms. The fourth-order valence-electron chi connectivity index (χ4n) is 2.11. The maximum absolute atomic E-state index is 12.3. The fourth-order valence-corrected chi connectivity index (χ4v) is 2.11. The average Bonchev–Trinajstić information content (AvgIpc) is 2.99. The number of rotatable bonds is 6. The monoisotopic (exact) mass is 272 g/mol. The van der Waals surface area contributed by atoms with Gasteiger partial charge in [0.15, 0.2) is 0 Å². The summed E-state index contributed by atoms with van der Waals surface area (Å²) in [6.45, 7) is 2.59. The number of nitrogens with zero attached hydrogens (tertiary/aromatic N) is 1. The first-order chi connectivity index (χ1) is 9.74. The number of carbonyl (C=O) groups is 1. The molecule has 0 bridgehead atoms. The molecule has 5 nitrogen and oxygen atoms in total. The van der Waals surface area contributed by atoms with Crippen LogP contribution in [0.2, 0.25) is 0 Å². The number of imidazole rings is 1. The van der Waals surface area contributed by atoms with E-state index in [1.54, 1.807) is 12.4 Å². The Labute approximate surface area is 118 Å². The van der Waals surface area contributed by atoms with E-state index < -0.39 is 0 Å². The Kier molecular flexibility index (Phi) is 4.90. The number of H-pyrrole nitrogens is 1.